The van der Waals surface area contributed by atoms with Gasteiger partial charge in [0.15, 0.2) is 0 Å². The van der Waals surface area contributed by atoms with E-state index in [1.807, 2.05) is 44.2 Å². The van der Waals surface area contributed by atoms with Gasteiger partial charge < -0.3 is 5.32 Å². The Labute approximate surface area is 190 Å². The molecule has 1 heterocycles. The second-order valence-electron chi connectivity index (χ2n) is 8.63. The van der Waals surface area contributed by atoms with Crippen molar-refractivity contribution in [2.75, 3.05) is 19.6 Å². The lowest BCUT2D eigenvalue weighted by atomic mass is 9.97. The number of fused-ring (bicyclic) bond motifs is 1. The smallest absolute Gasteiger partial charge is 0.243 e. The van der Waals surface area contributed by atoms with E-state index in [-0.39, 0.29) is 11.8 Å². The normalized spacial score (nSPS) is 15.7. The molecule has 0 bridgehead atoms. The number of nitrogens with one attached hydrogen (secondary N) is 1. The first-order valence-corrected chi connectivity index (χ1v) is 12.6. The fourth-order valence-electron chi connectivity index (χ4n) is 4.56. The minimum atomic E-state index is -3.53. The van der Waals surface area contributed by atoms with Gasteiger partial charge in [-0.1, -0.05) is 60.2 Å². The van der Waals surface area contributed by atoms with Crippen molar-refractivity contribution in [3.8, 4) is 0 Å². The summed E-state index contributed by atoms with van der Waals surface area (Å²) in [4.78, 5) is 13.1. The Kier molecular flexibility index (Phi) is 6.63. The lowest BCUT2D eigenvalue weighted by molar-refractivity contribution is -0.126. The molecular weight excluding hydrogens is 420 g/mol. The molecule has 3 aromatic rings. The number of sulfonamides is 1. The van der Waals surface area contributed by atoms with Gasteiger partial charge >= 0.3 is 0 Å². The minimum absolute atomic E-state index is 0.0220. The molecule has 0 saturated carbocycles. The number of nitrogens with zero attached hydrogens (tertiary/aromatic N) is 1. The van der Waals surface area contributed by atoms with Gasteiger partial charge in [0, 0.05) is 25.6 Å². The summed E-state index contributed by atoms with van der Waals surface area (Å²) in [6, 6.07) is 19.9. The summed E-state index contributed by atoms with van der Waals surface area (Å²) in [5.41, 5.74) is 3.02. The van der Waals surface area contributed by atoms with Crippen LogP contribution in [0.2, 0.25) is 0 Å². The third-order valence-corrected chi connectivity index (χ3v) is 8.41. The molecule has 32 heavy (non-hydrogen) atoms. The molecule has 0 atom stereocenters. The fraction of sp³-hybridized carbons (Fsp3) is 0.346. The zero-order chi connectivity index (χ0) is 22.7. The minimum Gasteiger partial charge on any atom is -0.356 e. The van der Waals surface area contributed by atoms with E-state index in [1.54, 1.807) is 6.07 Å². The quantitative estimate of drug-likeness (QED) is 0.612. The average molecular weight is 451 g/mol. The van der Waals surface area contributed by atoms with Gasteiger partial charge in [0.2, 0.25) is 15.9 Å². The molecule has 1 aliphatic rings. The van der Waals surface area contributed by atoms with Crippen molar-refractivity contribution >= 4 is 26.7 Å². The lowest BCUT2D eigenvalue weighted by Gasteiger charge is -2.31. The van der Waals surface area contributed by atoms with Gasteiger partial charge in [-0.25, -0.2) is 8.42 Å². The number of hydrogen-bond acceptors (Lipinski definition) is 3. The summed E-state index contributed by atoms with van der Waals surface area (Å²) < 4.78 is 27.6. The van der Waals surface area contributed by atoms with Crippen LogP contribution in [0.15, 0.2) is 65.6 Å². The van der Waals surface area contributed by atoms with Crippen LogP contribution in [0.5, 0.6) is 0 Å². The molecule has 4 rings (SSSR count). The van der Waals surface area contributed by atoms with E-state index in [9.17, 15) is 13.2 Å². The van der Waals surface area contributed by atoms with Crippen LogP contribution in [0, 0.1) is 19.8 Å². The van der Waals surface area contributed by atoms with E-state index in [0.29, 0.717) is 37.4 Å². The van der Waals surface area contributed by atoms with E-state index in [4.69, 9.17) is 0 Å². The molecule has 1 aliphatic heterocycles. The number of carbonyl (C=O) groups is 1. The molecule has 0 aromatic heterocycles. The molecular formula is C26H30N2O3S. The Balaban J connectivity index is 1.31. The zero-order valence-electron chi connectivity index (χ0n) is 18.7. The summed E-state index contributed by atoms with van der Waals surface area (Å²) in [6.45, 7) is 5.10. The summed E-state index contributed by atoms with van der Waals surface area (Å²) in [5, 5.41) is 5.48. The SMILES string of the molecule is Cc1ccc(S(=O)(=O)N2CCC(C(=O)NCCc3cccc4ccccc34)CC2)c(C)c1. The van der Waals surface area contributed by atoms with Crippen LogP contribution in [0.4, 0.5) is 0 Å². The molecule has 0 unspecified atom stereocenters. The molecule has 0 radical (unpaired) electrons. The Morgan fingerprint density at radius 2 is 1.72 bits per heavy atom. The summed E-state index contributed by atoms with van der Waals surface area (Å²) in [6.07, 6.45) is 1.86. The Hall–Kier alpha value is -2.70. The van der Waals surface area contributed by atoms with E-state index < -0.39 is 10.0 Å². The molecule has 5 nitrogen and oxygen atoms in total. The van der Waals surface area contributed by atoms with Crippen molar-refractivity contribution in [3.05, 3.63) is 77.4 Å². The third kappa shape index (κ3) is 4.71. The van der Waals surface area contributed by atoms with Gasteiger partial charge in [0.1, 0.15) is 0 Å². The largest absolute Gasteiger partial charge is 0.356 e. The van der Waals surface area contributed by atoms with Crippen LogP contribution in [0.1, 0.15) is 29.5 Å². The van der Waals surface area contributed by atoms with Crippen molar-refractivity contribution in [3.63, 3.8) is 0 Å². The number of amides is 1. The predicted octanol–water partition coefficient (Wildman–Crippen LogP) is 4.22. The third-order valence-electron chi connectivity index (χ3n) is 6.35. The molecule has 1 N–H and O–H groups in total. The second-order valence-corrected chi connectivity index (χ2v) is 10.5. The number of piperidine rings is 1. The highest BCUT2D eigenvalue weighted by atomic mass is 32.2. The van der Waals surface area contributed by atoms with Crippen molar-refractivity contribution in [1.29, 1.82) is 0 Å². The maximum Gasteiger partial charge on any atom is 0.243 e. The van der Waals surface area contributed by atoms with E-state index in [1.165, 1.54) is 20.6 Å². The molecule has 1 fully saturated rings. The summed E-state index contributed by atoms with van der Waals surface area (Å²) >= 11 is 0. The molecule has 0 spiro atoms. The summed E-state index contributed by atoms with van der Waals surface area (Å²) in [7, 11) is -3.53. The molecule has 1 amide bonds. The van der Waals surface area contributed by atoms with Gasteiger partial charge in [-0.3, -0.25) is 4.79 Å². The maximum absolute atomic E-state index is 13.1. The van der Waals surface area contributed by atoms with Crippen LogP contribution < -0.4 is 5.32 Å². The number of aryl methyl sites for hydroxylation is 2. The maximum atomic E-state index is 13.1. The van der Waals surface area contributed by atoms with E-state index in [2.05, 4.69) is 29.6 Å². The van der Waals surface area contributed by atoms with Gasteiger partial charge in [-0.05, 0) is 61.1 Å². The first-order chi connectivity index (χ1) is 15.4. The Bertz CT molecular complexity index is 1220. The summed E-state index contributed by atoms with van der Waals surface area (Å²) in [5.74, 6) is -0.123. The highest BCUT2D eigenvalue weighted by Crippen LogP contribution is 2.26. The Morgan fingerprint density at radius 3 is 2.47 bits per heavy atom. The van der Waals surface area contributed by atoms with Gasteiger partial charge in [0.05, 0.1) is 4.90 Å². The van der Waals surface area contributed by atoms with E-state index >= 15 is 0 Å². The lowest BCUT2D eigenvalue weighted by Crippen LogP contribution is -2.43. The monoisotopic (exact) mass is 450 g/mol. The van der Waals surface area contributed by atoms with Crippen molar-refractivity contribution in [2.24, 2.45) is 5.92 Å². The number of carbonyl (C=O) groups excluding carboxylic acids is 1. The predicted molar refractivity (Wildman–Crippen MR) is 128 cm³/mol. The van der Waals surface area contributed by atoms with Crippen LogP contribution in [-0.2, 0) is 21.2 Å². The van der Waals surface area contributed by atoms with Gasteiger partial charge in [-0.2, -0.15) is 4.31 Å². The standard InChI is InChI=1S/C26H30N2O3S/c1-19-10-11-25(20(2)18-19)32(30,31)28-16-13-23(14-17-28)26(29)27-15-12-22-8-5-7-21-6-3-4-9-24(21)22/h3-11,18,23H,12-17H2,1-2H3,(H,27,29). The molecule has 3 aromatic carbocycles. The average Bonchev–Trinajstić information content (AvgIpc) is 2.79. The van der Waals surface area contributed by atoms with Crippen molar-refractivity contribution in [2.45, 2.75) is 38.0 Å². The van der Waals surface area contributed by atoms with Crippen LogP contribution in [0.25, 0.3) is 10.8 Å². The van der Waals surface area contributed by atoms with Crippen LogP contribution in [-0.4, -0.2) is 38.3 Å². The van der Waals surface area contributed by atoms with Gasteiger partial charge in [-0.15, -0.1) is 0 Å². The first kappa shape index (κ1) is 22.5. The topological polar surface area (TPSA) is 66.5 Å². The highest BCUT2D eigenvalue weighted by Gasteiger charge is 2.32. The van der Waals surface area contributed by atoms with Crippen molar-refractivity contribution in [1.82, 2.24) is 9.62 Å². The second kappa shape index (κ2) is 9.43. The van der Waals surface area contributed by atoms with Gasteiger partial charge in [0.25, 0.3) is 0 Å². The number of hydrogen-bond donors (Lipinski definition) is 1. The van der Waals surface area contributed by atoms with E-state index in [0.717, 1.165) is 17.5 Å². The van der Waals surface area contributed by atoms with Crippen LogP contribution in [0.3, 0.4) is 0 Å². The zero-order valence-corrected chi connectivity index (χ0v) is 19.5. The van der Waals surface area contributed by atoms with Crippen molar-refractivity contribution < 1.29 is 13.2 Å². The molecule has 6 heteroatoms. The number of benzene rings is 3. The molecule has 168 valence electrons. The first-order valence-electron chi connectivity index (χ1n) is 11.2. The fourth-order valence-corrected chi connectivity index (χ4v) is 6.24. The highest BCUT2D eigenvalue weighted by molar-refractivity contribution is 7.89. The van der Waals surface area contributed by atoms with Crippen LogP contribution >= 0.6 is 0 Å². The number of rotatable bonds is 6. The molecule has 1 saturated heterocycles. The Morgan fingerprint density at radius 1 is 1.00 bits per heavy atom. The molecule has 0 aliphatic carbocycles.